The van der Waals surface area contributed by atoms with E-state index in [1.54, 1.807) is 30.3 Å². The Hall–Kier alpha value is -3.69. The molecule has 0 spiro atoms. The molecule has 0 bridgehead atoms. The van der Waals surface area contributed by atoms with Crippen LogP contribution in [0.3, 0.4) is 0 Å². The molecule has 7 nitrogen and oxygen atoms in total. The number of carbonyl (C=O) groups is 1. The van der Waals surface area contributed by atoms with E-state index in [2.05, 4.69) is 15.7 Å². The van der Waals surface area contributed by atoms with Crippen LogP contribution >= 0.6 is 0 Å². The van der Waals surface area contributed by atoms with Crippen molar-refractivity contribution in [2.24, 2.45) is 0 Å². The van der Waals surface area contributed by atoms with E-state index in [0.717, 1.165) is 10.2 Å². The molecule has 1 aromatic heterocycles. The molecule has 0 unspecified atom stereocenters. The van der Waals surface area contributed by atoms with E-state index in [1.807, 2.05) is 19.1 Å². The quantitative estimate of drug-likeness (QED) is 0.570. The van der Waals surface area contributed by atoms with Crippen molar-refractivity contribution >= 4 is 17.4 Å². The molecular weight excluding hydrogens is 437 g/mol. The van der Waals surface area contributed by atoms with Gasteiger partial charge in [0.1, 0.15) is 5.82 Å². The minimum absolute atomic E-state index is 0.0778. The number of halogens is 3. The Kier molecular flexibility index (Phi) is 5.15. The normalized spacial score (nSPS) is 19.0. The van der Waals surface area contributed by atoms with Crippen LogP contribution in [-0.2, 0) is 6.42 Å². The number of hydrogen-bond donors (Lipinski definition) is 2. The summed E-state index contributed by atoms with van der Waals surface area (Å²) in [7, 11) is 0. The fourth-order valence-electron chi connectivity index (χ4n) is 4.17. The van der Waals surface area contributed by atoms with E-state index in [9.17, 15) is 18.0 Å². The highest BCUT2D eigenvalue weighted by atomic mass is 19.4. The molecular formula is C23H21F3N4O3. The van der Waals surface area contributed by atoms with Crippen molar-refractivity contribution in [1.29, 1.82) is 0 Å². The first-order chi connectivity index (χ1) is 15.8. The lowest BCUT2D eigenvalue weighted by atomic mass is 9.96. The number of nitrogens with one attached hydrogen (secondary N) is 2. The zero-order valence-corrected chi connectivity index (χ0v) is 17.6. The minimum atomic E-state index is -4.54. The highest BCUT2D eigenvalue weighted by Gasteiger charge is 2.47. The average Bonchev–Trinajstić information content (AvgIpc) is 3.44. The molecule has 10 heteroatoms. The lowest BCUT2D eigenvalue weighted by Gasteiger charge is -2.33. The van der Waals surface area contributed by atoms with Crippen molar-refractivity contribution in [3.8, 4) is 11.5 Å². The van der Waals surface area contributed by atoms with Crippen molar-refractivity contribution < 1.29 is 27.4 Å². The predicted molar refractivity (Wildman–Crippen MR) is 115 cm³/mol. The van der Waals surface area contributed by atoms with Gasteiger partial charge in [0.2, 0.25) is 6.79 Å². The number of nitrogens with zero attached hydrogens (tertiary/aromatic N) is 2. The molecule has 2 aliphatic heterocycles. The van der Waals surface area contributed by atoms with Gasteiger partial charge in [0, 0.05) is 18.2 Å². The summed E-state index contributed by atoms with van der Waals surface area (Å²) in [5.41, 5.74) is 2.06. The van der Waals surface area contributed by atoms with E-state index in [1.165, 1.54) is 6.07 Å². The Labute approximate surface area is 187 Å². The van der Waals surface area contributed by atoms with Gasteiger partial charge in [-0.05, 0) is 35.7 Å². The predicted octanol–water partition coefficient (Wildman–Crippen LogP) is 5.09. The van der Waals surface area contributed by atoms with Gasteiger partial charge in [-0.15, -0.1) is 0 Å². The first kappa shape index (κ1) is 21.2. The monoisotopic (exact) mass is 458 g/mol. The molecule has 3 aromatic rings. The number of hydrogen-bond acceptors (Lipinski definition) is 5. The Bertz CT molecular complexity index is 1210. The second-order valence-electron chi connectivity index (χ2n) is 7.93. The number of rotatable bonds is 4. The smallest absolute Gasteiger partial charge is 0.410 e. The third-order valence-electron chi connectivity index (χ3n) is 5.87. The van der Waals surface area contributed by atoms with Gasteiger partial charge in [-0.3, -0.25) is 4.79 Å². The van der Waals surface area contributed by atoms with Gasteiger partial charge in [0.25, 0.3) is 5.91 Å². The summed E-state index contributed by atoms with van der Waals surface area (Å²) in [6, 6.07) is 11.2. The highest BCUT2D eigenvalue weighted by Crippen LogP contribution is 2.45. The lowest BCUT2D eigenvalue weighted by Crippen LogP contribution is -2.35. The molecule has 0 saturated heterocycles. The van der Waals surface area contributed by atoms with Crippen molar-refractivity contribution in [3.63, 3.8) is 0 Å². The molecule has 172 valence electrons. The van der Waals surface area contributed by atoms with Gasteiger partial charge >= 0.3 is 6.18 Å². The van der Waals surface area contributed by atoms with Crippen LogP contribution in [0.25, 0.3) is 0 Å². The molecule has 3 heterocycles. The molecule has 2 N–H and O–H groups in total. The number of para-hydroxylation sites is 1. The number of alkyl halides is 3. The van der Waals surface area contributed by atoms with Gasteiger partial charge < -0.3 is 20.1 Å². The number of amides is 1. The van der Waals surface area contributed by atoms with Crippen LogP contribution in [0.15, 0.2) is 48.5 Å². The summed E-state index contributed by atoms with van der Waals surface area (Å²) in [5, 5.41) is 9.86. The fraction of sp³-hybridized carbons (Fsp3) is 0.304. The number of aromatic nitrogens is 2. The maximum absolute atomic E-state index is 14.0. The standard InChI is InChI=1S/C23H21F3N4O3/c1-2-13-5-3-4-6-15(13)28-22(31)17-11-21-27-16(10-20(23(24,25)26)30(21)29-17)14-7-8-18-19(9-14)33-12-32-18/h3-9,11,16,20,27H,2,10,12H2,1H3,(H,28,31)/t16-,20+/m0/s1. The van der Waals surface area contributed by atoms with Crippen LogP contribution in [0, 0.1) is 0 Å². The number of benzene rings is 2. The van der Waals surface area contributed by atoms with E-state index in [0.29, 0.717) is 29.2 Å². The molecule has 0 radical (unpaired) electrons. The summed E-state index contributed by atoms with van der Waals surface area (Å²) in [4.78, 5) is 12.8. The van der Waals surface area contributed by atoms with Gasteiger partial charge in [-0.2, -0.15) is 18.3 Å². The van der Waals surface area contributed by atoms with Gasteiger partial charge in [0.15, 0.2) is 23.2 Å². The number of fused-ring (bicyclic) bond motifs is 2. The van der Waals surface area contributed by atoms with Crippen LogP contribution in [0.2, 0.25) is 0 Å². The van der Waals surface area contributed by atoms with Gasteiger partial charge in [0.05, 0.1) is 6.04 Å². The molecule has 2 aromatic carbocycles. The summed E-state index contributed by atoms with van der Waals surface area (Å²) < 4.78 is 53.4. The van der Waals surface area contributed by atoms with E-state index in [4.69, 9.17) is 9.47 Å². The van der Waals surface area contributed by atoms with Crippen LogP contribution in [0.1, 0.15) is 47.0 Å². The SMILES string of the molecule is CCc1ccccc1NC(=O)c1cc2n(n1)[C@@H](C(F)(F)F)C[C@@H](c1ccc3c(c1)OCO3)N2. The Morgan fingerprint density at radius 3 is 2.76 bits per heavy atom. The summed E-state index contributed by atoms with van der Waals surface area (Å²) in [6.45, 7) is 2.03. The minimum Gasteiger partial charge on any atom is -0.454 e. The summed E-state index contributed by atoms with van der Waals surface area (Å²) in [6.07, 6.45) is -4.12. The molecule has 0 saturated carbocycles. The van der Waals surface area contributed by atoms with E-state index in [-0.39, 0.29) is 24.7 Å². The Morgan fingerprint density at radius 2 is 1.97 bits per heavy atom. The van der Waals surface area contributed by atoms with Crippen molar-refractivity contribution in [3.05, 3.63) is 65.4 Å². The second-order valence-corrected chi connectivity index (χ2v) is 7.93. The van der Waals surface area contributed by atoms with E-state index < -0.39 is 24.2 Å². The second kappa shape index (κ2) is 8.02. The molecule has 0 fully saturated rings. The number of anilines is 2. The molecule has 2 atom stereocenters. The lowest BCUT2D eigenvalue weighted by molar-refractivity contribution is -0.173. The van der Waals surface area contributed by atoms with Crippen molar-refractivity contribution in [1.82, 2.24) is 9.78 Å². The molecule has 33 heavy (non-hydrogen) atoms. The van der Waals surface area contributed by atoms with Crippen molar-refractivity contribution in [2.45, 2.75) is 38.0 Å². The molecule has 5 rings (SSSR count). The van der Waals surface area contributed by atoms with Gasteiger partial charge in [-0.1, -0.05) is 31.2 Å². The Balaban J connectivity index is 1.45. The number of aryl methyl sites for hydroxylation is 1. The van der Waals surface area contributed by atoms with Gasteiger partial charge in [-0.25, -0.2) is 4.68 Å². The third-order valence-corrected chi connectivity index (χ3v) is 5.87. The molecule has 0 aliphatic carbocycles. The van der Waals surface area contributed by atoms with Crippen LogP contribution in [0.4, 0.5) is 24.7 Å². The molecule has 1 amide bonds. The number of carbonyl (C=O) groups excluding carboxylic acids is 1. The first-order valence-electron chi connectivity index (χ1n) is 10.5. The van der Waals surface area contributed by atoms with Crippen LogP contribution < -0.4 is 20.1 Å². The van der Waals surface area contributed by atoms with Crippen molar-refractivity contribution in [2.75, 3.05) is 17.4 Å². The topological polar surface area (TPSA) is 77.4 Å². The summed E-state index contributed by atoms with van der Waals surface area (Å²) >= 11 is 0. The fourth-order valence-corrected chi connectivity index (χ4v) is 4.17. The summed E-state index contributed by atoms with van der Waals surface area (Å²) in [5.74, 6) is 0.602. The maximum Gasteiger partial charge on any atom is 0.410 e. The van der Waals surface area contributed by atoms with E-state index >= 15 is 0 Å². The number of ether oxygens (including phenoxy) is 2. The maximum atomic E-state index is 14.0. The third kappa shape index (κ3) is 3.96. The zero-order valence-electron chi connectivity index (χ0n) is 17.6. The highest BCUT2D eigenvalue weighted by molar-refractivity contribution is 6.03. The first-order valence-corrected chi connectivity index (χ1v) is 10.5. The van der Waals surface area contributed by atoms with Crippen LogP contribution in [-0.4, -0.2) is 28.7 Å². The Morgan fingerprint density at radius 1 is 1.18 bits per heavy atom. The zero-order chi connectivity index (χ0) is 23.2. The van der Waals surface area contributed by atoms with Crippen LogP contribution in [0.5, 0.6) is 11.5 Å². The largest absolute Gasteiger partial charge is 0.454 e. The average molecular weight is 458 g/mol. The molecule has 2 aliphatic rings.